The molecule has 2 aromatic carbocycles. The third kappa shape index (κ3) is 2.99. The second-order valence-corrected chi connectivity index (χ2v) is 6.82. The van der Waals surface area contributed by atoms with Crippen LogP contribution in [0, 0.1) is 0 Å². The lowest BCUT2D eigenvalue weighted by atomic mass is 10.0. The molecule has 2 aliphatic heterocycles. The minimum absolute atomic E-state index is 0.341. The molecule has 0 aliphatic carbocycles. The van der Waals surface area contributed by atoms with Crippen LogP contribution in [0.15, 0.2) is 48.5 Å². The van der Waals surface area contributed by atoms with Crippen molar-refractivity contribution in [3.63, 3.8) is 0 Å². The average molecular weight is 314 g/mol. The molecule has 2 aromatic rings. The zero-order valence-corrected chi connectivity index (χ0v) is 13.2. The SMILES string of the molecule is Clc1cccc(-c2cccc(OC3C[C@H]4CC[C@@H](C3)N4)c2)c1. The predicted octanol–water partition coefficient (Wildman–Crippen LogP) is 4.67. The molecule has 0 aromatic heterocycles. The molecule has 3 heteroatoms. The van der Waals surface area contributed by atoms with Gasteiger partial charge in [-0.1, -0.05) is 35.9 Å². The maximum atomic E-state index is 6.26. The molecule has 22 heavy (non-hydrogen) atoms. The van der Waals surface area contributed by atoms with Crippen LogP contribution in [0.25, 0.3) is 11.1 Å². The number of hydrogen-bond donors (Lipinski definition) is 1. The highest BCUT2D eigenvalue weighted by Gasteiger charge is 2.34. The van der Waals surface area contributed by atoms with Crippen molar-refractivity contribution in [3.05, 3.63) is 53.6 Å². The van der Waals surface area contributed by atoms with Crippen LogP contribution in [0.5, 0.6) is 5.75 Å². The molecule has 2 fully saturated rings. The number of piperidine rings is 1. The van der Waals surface area contributed by atoms with Gasteiger partial charge in [-0.25, -0.2) is 0 Å². The van der Waals surface area contributed by atoms with E-state index in [4.69, 9.17) is 16.3 Å². The summed E-state index contributed by atoms with van der Waals surface area (Å²) in [6.45, 7) is 0. The monoisotopic (exact) mass is 313 g/mol. The van der Waals surface area contributed by atoms with Gasteiger partial charge in [-0.3, -0.25) is 0 Å². The number of halogens is 1. The molecule has 0 amide bonds. The van der Waals surface area contributed by atoms with Gasteiger partial charge in [-0.15, -0.1) is 0 Å². The maximum Gasteiger partial charge on any atom is 0.120 e. The molecule has 4 rings (SSSR count). The average Bonchev–Trinajstić information content (AvgIpc) is 2.86. The van der Waals surface area contributed by atoms with Crippen molar-refractivity contribution in [2.75, 3.05) is 0 Å². The summed E-state index contributed by atoms with van der Waals surface area (Å²) in [6.07, 6.45) is 5.18. The van der Waals surface area contributed by atoms with E-state index in [-0.39, 0.29) is 0 Å². The first-order chi connectivity index (χ1) is 10.8. The Balaban J connectivity index is 1.52. The van der Waals surface area contributed by atoms with Crippen LogP contribution in [0.3, 0.4) is 0 Å². The summed E-state index contributed by atoms with van der Waals surface area (Å²) >= 11 is 6.09. The van der Waals surface area contributed by atoms with Crippen LogP contribution in [-0.4, -0.2) is 18.2 Å². The fraction of sp³-hybridized carbons (Fsp3) is 0.368. The van der Waals surface area contributed by atoms with E-state index in [1.165, 1.54) is 12.8 Å². The highest BCUT2D eigenvalue weighted by Crippen LogP contribution is 2.31. The Bertz CT molecular complexity index is 660. The quantitative estimate of drug-likeness (QED) is 0.889. The van der Waals surface area contributed by atoms with E-state index < -0.39 is 0 Å². The summed E-state index contributed by atoms with van der Waals surface area (Å²) in [5.74, 6) is 0.962. The van der Waals surface area contributed by atoms with Crippen LogP contribution < -0.4 is 10.1 Å². The summed E-state index contributed by atoms with van der Waals surface area (Å²) in [5.41, 5.74) is 2.28. The molecule has 0 spiro atoms. The fourth-order valence-electron chi connectivity index (χ4n) is 3.71. The second-order valence-electron chi connectivity index (χ2n) is 6.39. The van der Waals surface area contributed by atoms with Crippen LogP contribution in [-0.2, 0) is 0 Å². The number of rotatable bonds is 3. The first-order valence-corrected chi connectivity index (χ1v) is 8.43. The van der Waals surface area contributed by atoms with Crippen LogP contribution in [0.2, 0.25) is 5.02 Å². The lowest BCUT2D eigenvalue weighted by Gasteiger charge is -2.29. The number of ether oxygens (including phenoxy) is 1. The molecular formula is C19H20ClNO. The van der Waals surface area contributed by atoms with E-state index in [0.29, 0.717) is 18.2 Å². The van der Waals surface area contributed by atoms with Gasteiger partial charge in [0.2, 0.25) is 0 Å². The molecule has 1 unspecified atom stereocenters. The van der Waals surface area contributed by atoms with Gasteiger partial charge in [0, 0.05) is 17.1 Å². The van der Waals surface area contributed by atoms with Crippen molar-refractivity contribution in [1.82, 2.24) is 5.32 Å². The highest BCUT2D eigenvalue weighted by atomic mass is 35.5. The smallest absolute Gasteiger partial charge is 0.120 e. The zero-order chi connectivity index (χ0) is 14.9. The number of benzene rings is 2. The summed E-state index contributed by atoms with van der Waals surface area (Å²) < 4.78 is 6.26. The van der Waals surface area contributed by atoms with Gasteiger partial charge in [-0.2, -0.15) is 0 Å². The molecule has 2 bridgehead atoms. The largest absolute Gasteiger partial charge is 0.490 e. The lowest BCUT2D eigenvalue weighted by Crippen LogP contribution is -2.42. The third-order valence-corrected chi connectivity index (χ3v) is 4.96. The van der Waals surface area contributed by atoms with Gasteiger partial charge in [0.05, 0.1) is 0 Å². The maximum absolute atomic E-state index is 6.26. The molecule has 1 N–H and O–H groups in total. The Hall–Kier alpha value is -1.51. The molecule has 2 heterocycles. The second kappa shape index (κ2) is 5.94. The summed E-state index contributed by atoms with van der Waals surface area (Å²) in [4.78, 5) is 0. The zero-order valence-electron chi connectivity index (χ0n) is 12.5. The Labute approximate surface area is 136 Å². The molecule has 2 nitrogen and oxygen atoms in total. The minimum atomic E-state index is 0.341. The van der Waals surface area contributed by atoms with Gasteiger partial charge >= 0.3 is 0 Å². The van der Waals surface area contributed by atoms with Crippen molar-refractivity contribution < 1.29 is 4.74 Å². The highest BCUT2D eigenvalue weighted by molar-refractivity contribution is 6.30. The van der Waals surface area contributed by atoms with Crippen LogP contribution in [0.4, 0.5) is 0 Å². The Morgan fingerprint density at radius 1 is 0.909 bits per heavy atom. The summed E-state index contributed by atoms with van der Waals surface area (Å²) in [5, 5.41) is 4.42. The standard InChI is InChI=1S/C19H20ClNO/c20-15-5-1-3-13(9-15)14-4-2-6-18(10-14)22-19-11-16-7-8-17(12-19)21-16/h1-6,9-10,16-17,19,21H,7-8,11-12H2/t16-,17+,19?. The van der Waals surface area contributed by atoms with Crippen molar-refractivity contribution in [1.29, 1.82) is 0 Å². The van der Waals surface area contributed by atoms with Crippen LogP contribution in [0.1, 0.15) is 25.7 Å². The summed E-state index contributed by atoms with van der Waals surface area (Å²) in [7, 11) is 0. The van der Waals surface area contributed by atoms with Crippen molar-refractivity contribution >= 4 is 11.6 Å². The molecule has 0 saturated carbocycles. The van der Waals surface area contributed by atoms with Crippen molar-refractivity contribution in [2.24, 2.45) is 0 Å². The van der Waals surface area contributed by atoms with E-state index in [1.54, 1.807) is 0 Å². The fourth-order valence-corrected chi connectivity index (χ4v) is 3.90. The van der Waals surface area contributed by atoms with Crippen molar-refractivity contribution in [2.45, 2.75) is 43.9 Å². The first kappa shape index (κ1) is 14.1. The van der Waals surface area contributed by atoms with Gasteiger partial charge in [0.15, 0.2) is 0 Å². The van der Waals surface area contributed by atoms with Crippen molar-refractivity contribution in [3.8, 4) is 16.9 Å². The molecule has 0 radical (unpaired) electrons. The normalized spacial score (nSPS) is 26.9. The number of fused-ring (bicyclic) bond motifs is 2. The van der Waals surface area contributed by atoms with E-state index in [0.717, 1.165) is 34.7 Å². The Kier molecular flexibility index (Phi) is 3.81. The van der Waals surface area contributed by atoms with E-state index in [9.17, 15) is 0 Å². The van der Waals surface area contributed by atoms with Gasteiger partial charge in [-0.05, 0) is 61.1 Å². The molecule has 114 valence electrons. The predicted molar refractivity (Wildman–Crippen MR) is 90.5 cm³/mol. The Morgan fingerprint density at radius 2 is 1.59 bits per heavy atom. The van der Waals surface area contributed by atoms with Gasteiger partial charge < -0.3 is 10.1 Å². The minimum Gasteiger partial charge on any atom is -0.490 e. The number of nitrogens with one attached hydrogen (secondary N) is 1. The molecule has 2 saturated heterocycles. The Morgan fingerprint density at radius 3 is 2.32 bits per heavy atom. The van der Waals surface area contributed by atoms with Gasteiger partial charge in [0.1, 0.15) is 11.9 Å². The van der Waals surface area contributed by atoms with E-state index in [2.05, 4.69) is 35.6 Å². The van der Waals surface area contributed by atoms with Gasteiger partial charge in [0.25, 0.3) is 0 Å². The van der Waals surface area contributed by atoms with E-state index >= 15 is 0 Å². The third-order valence-electron chi connectivity index (χ3n) is 4.72. The molecule has 3 atom stereocenters. The van der Waals surface area contributed by atoms with Crippen LogP contribution >= 0.6 is 11.6 Å². The number of hydrogen-bond acceptors (Lipinski definition) is 2. The molecular weight excluding hydrogens is 294 g/mol. The summed E-state index contributed by atoms with van der Waals surface area (Å²) in [6, 6.07) is 17.6. The lowest BCUT2D eigenvalue weighted by molar-refractivity contribution is 0.137. The topological polar surface area (TPSA) is 21.3 Å². The molecule has 2 aliphatic rings. The first-order valence-electron chi connectivity index (χ1n) is 8.05. The van der Waals surface area contributed by atoms with E-state index in [1.807, 2.05) is 18.2 Å².